The van der Waals surface area contributed by atoms with Gasteiger partial charge in [0.25, 0.3) is 15.9 Å². The van der Waals surface area contributed by atoms with E-state index in [-0.39, 0.29) is 21.2 Å². The Hall–Kier alpha value is -3.03. The molecule has 0 saturated heterocycles. The van der Waals surface area contributed by atoms with Crippen LogP contribution < -0.4 is 14.8 Å². The first-order valence-electron chi connectivity index (χ1n) is 9.04. The van der Waals surface area contributed by atoms with E-state index in [1.54, 1.807) is 12.1 Å². The predicted molar refractivity (Wildman–Crippen MR) is 119 cm³/mol. The Labute approximate surface area is 180 Å². The zero-order valence-electron chi connectivity index (χ0n) is 16.7. The Kier molecular flexibility index (Phi) is 6.34. The van der Waals surface area contributed by atoms with E-state index in [9.17, 15) is 13.2 Å². The molecule has 3 aromatic carbocycles. The normalized spacial score (nSPS) is 11.1. The Morgan fingerprint density at radius 1 is 0.967 bits per heavy atom. The zero-order chi connectivity index (χ0) is 21.9. The highest BCUT2D eigenvalue weighted by Crippen LogP contribution is 2.25. The summed E-state index contributed by atoms with van der Waals surface area (Å²) < 4.78 is 32.8. The Balaban J connectivity index is 1.84. The van der Waals surface area contributed by atoms with Gasteiger partial charge in [-0.2, -0.15) is 0 Å². The molecule has 2 N–H and O–H groups in total. The van der Waals surface area contributed by atoms with Gasteiger partial charge in [-0.1, -0.05) is 29.3 Å². The molecule has 0 spiro atoms. The molecule has 6 nitrogen and oxygen atoms in total. The molecule has 1 amide bonds. The van der Waals surface area contributed by atoms with Crippen molar-refractivity contribution in [1.29, 1.82) is 0 Å². The van der Waals surface area contributed by atoms with Gasteiger partial charge in [0.15, 0.2) is 0 Å². The van der Waals surface area contributed by atoms with Crippen molar-refractivity contribution in [3.05, 3.63) is 82.4 Å². The number of methoxy groups -OCH3 is 1. The maximum atomic E-state index is 12.7. The molecule has 156 valence electrons. The van der Waals surface area contributed by atoms with Gasteiger partial charge in [-0.25, -0.2) is 8.42 Å². The number of hydrogen-bond acceptors (Lipinski definition) is 4. The molecule has 8 heteroatoms. The fraction of sp³-hybridized carbons (Fsp3) is 0.136. The minimum atomic E-state index is -3.84. The second kappa shape index (κ2) is 8.77. The lowest BCUT2D eigenvalue weighted by Gasteiger charge is -2.13. The van der Waals surface area contributed by atoms with E-state index in [0.29, 0.717) is 11.4 Å². The van der Waals surface area contributed by atoms with Crippen LogP contribution in [-0.4, -0.2) is 21.4 Å². The van der Waals surface area contributed by atoms with Gasteiger partial charge >= 0.3 is 0 Å². The molecule has 0 atom stereocenters. The highest BCUT2D eigenvalue weighted by molar-refractivity contribution is 7.92. The van der Waals surface area contributed by atoms with Gasteiger partial charge in [0.05, 0.1) is 22.6 Å². The summed E-state index contributed by atoms with van der Waals surface area (Å²) in [5.41, 5.74) is 3.03. The zero-order valence-corrected chi connectivity index (χ0v) is 18.3. The van der Waals surface area contributed by atoms with Crippen LogP contribution in [0, 0.1) is 13.8 Å². The molecular weight excluding hydrogens is 424 g/mol. The van der Waals surface area contributed by atoms with Crippen LogP contribution in [0.3, 0.4) is 0 Å². The quantitative estimate of drug-likeness (QED) is 0.559. The first-order chi connectivity index (χ1) is 14.2. The number of carbonyl (C=O) groups excluding carboxylic acids is 1. The number of nitrogens with one attached hydrogen (secondary N) is 2. The molecule has 0 aliphatic carbocycles. The maximum Gasteiger partial charge on any atom is 0.261 e. The molecule has 0 heterocycles. The molecule has 0 aliphatic rings. The lowest BCUT2D eigenvalue weighted by molar-refractivity contribution is 0.102. The number of halogens is 1. The standard InChI is InChI=1S/C22H21ClN2O4S/c1-14-4-11-21(15(2)12-14)24-22(26)19-13-16(5-10-20(19)23)25-30(27,28)18-8-6-17(29-3)7-9-18/h4-13,25H,1-3H3,(H,24,26). The van der Waals surface area contributed by atoms with Crippen LogP contribution in [-0.2, 0) is 10.0 Å². The Bertz CT molecular complexity index is 1190. The number of ether oxygens (including phenoxy) is 1. The number of amides is 1. The molecule has 0 bridgehead atoms. The first kappa shape index (κ1) is 21.7. The smallest absolute Gasteiger partial charge is 0.261 e. The first-order valence-corrected chi connectivity index (χ1v) is 10.9. The second-order valence-corrected chi connectivity index (χ2v) is 8.84. The van der Waals surface area contributed by atoms with Crippen molar-refractivity contribution in [3.63, 3.8) is 0 Å². The van der Waals surface area contributed by atoms with Crippen molar-refractivity contribution in [2.75, 3.05) is 17.1 Å². The number of sulfonamides is 1. The van der Waals surface area contributed by atoms with Crippen LogP contribution in [0.4, 0.5) is 11.4 Å². The highest BCUT2D eigenvalue weighted by Gasteiger charge is 2.17. The summed E-state index contributed by atoms with van der Waals surface area (Å²) in [6, 6.07) is 16.0. The molecular formula is C22H21ClN2O4S. The third-order valence-electron chi connectivity index (χ3n) is 4.46. The summed E-state index contributed by atoms with van der Waals surface area (Å²) in [4.78, 5) is 12.8. The predicted octanol–water partition coefficient (Wildman–Crippen LogP) is 5.02. The van der Waals surface area contributed by atoms with Crippen LogP contribution in [0.5, 0.6) is 5.75 Å². The molecule has 3 rings (SSSR count). The van der Waals surface area contributed by atoms with Gasteiger partial charge in [0.2, 0.25) is 0 Å². The van der Waals surface area contributed by atoms with Crippen molar-refractivity contribution < 1.29 is 17.9 Å². The number of benzene rings is 3. The van der Waals surface area contributed by atoms with Crippen molar-refractivity contribution >= 4 is 38.9 Å². The number of aryl methyl sites for hydroxylation is 2. The molecule has 0 aromatic heterocycles. The molecule has 0 unspecified atom stereocenters. The second-order valence-electron chi connectivity index (χ2n) is 6.75. The SMILES string of the molecule is COc1ccc(S(=O)(=O)Nc2ccc(Cl)c(C(=O)Nc3ccc(C)cc3C)c2)cc1. The minimum Gasteiger partial charge on any atom is -0.497 e. The van der Waals surface area contributed by atoms with E-state index in [1.165, 1.54) is 37.4 Å². The van der Waals surface area contributed by atoms with Crippen LogP contribution >= 0.6 is 11.6 Å². The monoisotopic (exact) mass is 444 g/mol. The van der Waals surface area contributed by atoms with E-state index >= 15 is 0 Å². The average molecular weight is 445 g/mol. The highest BCUT2D eigenvalue weighted by atomic mass is 35.5. The number of hydrogen-bond donors (Lipinski definition) is 2. The largest absolute Gasteiger partial charge is 0.497 e. The number of anilines is 2. The van der Waals surface area contributed by atoms with Gasteiger partial charge in [-0.3, -0.25) is 9.52 Å². The van der Waals surface area contributed by atoms with Crippen LogP contribution in [0.1, 0.15) is 21.5 Å². The number of carbonyl (C=O) groups is 1. The van der Waals surface area contributed by atoms with Crippen molar-refractivity contribution in [2.45, 2.75) is 18.7 Å². The Morgan fingerprint density at radius 3 is 2.30 bits per heavy atom. The summed E-state index contributed by atoms with van der Waals surface area (Å²) in [5, 5.41) is 3.03. The molecule has 0 saturated carbocycles. The van der Waals surface area contributed by atoms with Crippen LogP contribution in [0.25, 0.3) is 0 Å². The van der Waals surface area contributed by atoms with E-state index in [1.807, 2.05) is 32.0 Å². The molecule has 30 heavy (non-hydrogen) atoms. The van der Waals surface area contributed by atoms with Crippen molar-refractivity contribution in [1.82, 2.24) is 0 Å². The van der Waals surface area contributed by atoms with Crippen molar-refractivity contribution in [3.8, 4) is 5.75 Å². The van der Waals surface area contributed by atoms with Crippen LogP contribution in [0.2, 0.25) is 5.02 Å². The van der Waals surface area contributed by atoms with Gasteiger partial charge in [-0.05, 0) is 67.9 Å². The summed E-state index contributed by atoms with van der Waals surface area (Å²) in [6.45, 7) is 3.86. The summed E-state index contributed by atoms with van der Waals surface area (Å²) in [5.74, 6) is 0.114. The molecule has 3 aromatic rings. The lowest BCUT2D eigenvalue weighted by atomic mass is 10.1. The fourth-order valence-electron chi connectivity index (χ4n) is 2.88. The van der Waals surface area contributed by atoms with Gasteiger partial charge < -0.3 is 10.1 Å². The number of rotatable bonds is 6. The van der Waals surface area contributed by atoms with Crippen LogP contribution in [0.15, 0.2) is 65.6 Å². The average Bonchev–Trinajstić information content (AvgIpc) is 2.71. The minimum absolute atomic E-state index is 0.0690. The molecule has 0 fully saturated rings. The summed E-state index contributed by atoms with van der Waals surface area (Å²) in [6.07, 6.45) is 0. The summed E-state index contributed by atoms with van der Waals surface area (Å²) in [7, 11) is -2.34. The van der Waals surface area contributed by atoms with Crippen molar-refractivity contribution in [2.24, 2.45) is 0 Å². The maximum absolute atomic E-state index is 12.7. The van der Waals surface area contributed by atoms with E-state index in [0.717, 1.165) is 11.1 Å². The lowest BCUT2D eigenvalue weighted by Crippen LogP contribution is -2.16. The molecule has 0 aliphatic heterocycles. The third-order valence-corrected chi connectivity index (χ3v) is 6.19. The van der Waals surface area contributed by atoms with E-state index < -0.39 is 15.9 Å². The fourth-order valence-corrected chi connectivity index (χ4v) is 4.13. The van der Waals surface area contributed by atoms with E-state index in [2.05, 4.69) is 10.0 Å². The molecule has 0 radical (unpaired) electrons. The van der Waals surface area contributed by atoms with Gasteiger partial charge in [0.1, 0.15) is 5.75 Å². The Morgan fingerprint density at radius 2 is 1.67 bits per heavy atom. The third kappa shape index (κ3) is 4.93. The topological polar surface area (TPSA) is 84.5 Å². The van der Waals surface area contributed by atoms with Gasteiger partial charge in [0, 0.05) is 11.4 Å². The van der Waals surface area contributed by atoms with E-state index in [4.69, 9.17) is 16.3 Å². The summed E-state index contributed by atoms with van der Waals surface area (Å²) >= 11 is 6.19. The van der Waals surface area contributed by atoms with Gasteiger partial charge in [-0.15, -0.1) is 0 Å².